The number of H-pyrrole nitrogens is 1. The van der Waals surface area contributed by atoms with Gasteiger partial charge in [0.05, 0.1) is 34.2 Å². The van der Waals surface area contributed by atoms with Crippen molar-refractivity contribution >= 4 is 16.9 Å². The lowest BCUT2D eigenvalue weighted by Gasteiger charge is -2.06. The Bertz CT molecular complexity index is 1030. The Hall–Kier alpha value is -3.41. The van der Waals surface area contributed by atoms with Gasteiger partial charge in [0, 0.05) is 13.0 Å². The molecule has 2 N–H and O–H groups in total. The van der Waals surface area contributed by atoms with Crippen LogP contribution in [0.1, 0.15) is 28.3 Å². The first kappa shape index (κ1) is 17.0. The first-order chi connectivity index (χ1) is 13.2. The molecule has 4 rings (SSSR count). The fourth-order valence-electron chi connectivity index (χ4n) is 3.14. The molecule has 2 heterocycles. The monoisotopic (exact) mass is 359 g/mol. The van der Waals surface area contributed by atoms with E-state index in [1.165, 1.54) is 0 Å². The number of rotatable bonds is 6. The molecule has 1 amide bonds. The fraction of sp³-hybridized carbons (Fsp3) is 0.190. The molecule has 0 unspecified atom stereocenters. The predicted octanol–water partition coefficient (Wildman–Crippen LogP) is 3.42. The Morgan fingerprint density at radius 1 is 1.11 bits per heavy atom. The SMILES string of the molecule is Cc1c(C(=O)NCCCc2nc3ccccc3[nH]2)cnn1-c1ccccc1. The van der Waals surface area contributed by atoms with Crippen LogP contribution < -0.4 is 5.32 Å². The number of aryl methyl sites for hydroxylation is 1. The van der Waals surface area contributed by atoms with Gasteiger partial charge in [0.1, 0.15) is 5.82 Å². The van der Waals surface area contributed by atoms with E-state index in [0.717, 1.165) is 41.1 Å². The summed E-state index contributed by atoms with van der Waals surface area (Å²) in [6, 6.07) is 17.8. The Labute approximate surface area is 157 Å². The summed E-state index contributed by atoms with van der Waals surface area (Å²) in [4.78, 5) is 20.3. The highest BCUT2D eigenvalue weighted by Gasteiger charge is 2.14. The van der Waals surface area contributed by atoms with E-state index in [2.05, 4.69) is 20.4 Å². The topological polar surface area (TPSA) is 75.6 Å². The van der Waals surface area contributed by atoms with E-state index in [9.17, 15) is 4.79 Å². The molecule has 0 bridgehead atoms. The zero-order valence-electron chi connectivity index (χ0n) is 15.1. The quantitative estimate of drug-likeness (QED) is 0.518. The summed E-state index contributed by atoms with van der Waals surface area (Å²) in [6.45, 7) is 2.50. The lowest BCUT2D eigenvalue weighted by molar-refractivity contribution is 0.0952. The number of fused-ring (bicyclic) bond motifs is 1. The number of aromatic nitrogens is 4. The van der Waals surface area contributed by atoms with Crippen molar-refractivity contribution in [3.8, 4) is 5.69 Å². The Kier molecular flexibility index (Phi) is 4.70. The van der Waals surface area contributed by atoms with E-state index in [1.807, 2.05) is 61.5 Å². The second-order valence-electron chi connectivity index (χ2n) is 6.45. The van der Waals surface area contributed by atoms with Gasteiger partial charge in [0.2, 0.25) is 0 Å². The first-order valence-corrected chi connectivity index (χ1v) is 9.04. The molecule has 6 nitrogen and oxygen atoms in total. The Balaban J connectivity index is 1.34. The number of amides is 1. The highest BCUT2D eigenvalue weighted by atomic mass is 16.1. The summed E-state index contributed by atoms with van der Waals surface area (Å²) >= 11 is 0. The molecule has 0 aliphatic rings. The molecule has 0 aliphatic carbocycles. The predicted molar refractivity (Wildman–Crippen MR) is 105 cm³/mol. The minimum Gasteiger partial charge on any atom is -0.352 e. The molecule has 4 aromatic rings. The van der Waals surface area contributed by atoms with Gasteiger partial charge >= 0.3 is 0 Å². The number of hydrogen-bond acceptors (Lipinski definition) is 3. The average molecular weight is 359 g/mol. The van der Waals surface area contributed by atoms with E-state index in [4.69, 9.17) is 0 Å². The second kappa shape index (κ2) is 7.45. The molecule has 0 saturated heterocycles. The minimum absolute atomic E-state index is 0.0979. The van der Waals surface area contributed by atoms with Crippen molar-refractivity contribution in [2.75, 3.05) is 6.54 Å². The molecule has 0 aliphatic heterocycles. The van der Waals surface area contributed by atoms with Gasteiger partial charge in [0.15, 0.2) is 0 Å². The molecule has 6 heteroatoms. The van der Waals surface area contributed by atoms with Crippen LogP contribution in [0.5, 0.6) is 0 Å². The van der Waals surface area contributed by atoms with Crippen molar-refractivity contribution in [3.05, 3.63) is 77.9 Å². The second-order valence-corrected chi connectivity index (χ2v) is 6.45. The van der Waals surface area contributed by atoms with Crippen LogP contribution in [0.15, 0.2) is 60.8 Å². The molecule has 0 fully saturated rings. The molecule has 0 radical (unpaired) electrons. The summed E-state index contributed by atoms with van der Waals surface area (Å²) < 4.78 is 1.78. The maximum absolute atomic E-state index is 12.5. The standard InChI is InChI=1S/C21H21N5O/c1-15-17(14-23-26(15)16-8-3-2-4-9-16)21(27)22-13-7-12-20-24-18-10-5-6-11-19(18)25-20/h2-6,8-11,14H,7,12-13H2,1H3,(H,22,27)(H,24,25). The minimum atomic E-state index is -0.0979. The van der Waals surface area contributed by atoms with Crippen molar-refractivity contribution in [2.45, 2.75) is 19.8 Å². The van der Waals surface area contributed by atoms with Gasteiger partial charge < -0.3 is 10.3 Å². The number of nitrogens with zero attached hydrogens (tertiary/aromatic N) is 3. The van der Waals surface area contributed by atoms with E-state index in [-0.39, 0.29) is 5.91 Å². The third kappa shape index (κ3) is 3.60. The van der Waals surface area contributed by atoms with Gasteiger partial charge in [-0.15, -0.1) is 0 Å². The third-order valence-corrected chi connectivity index (χ3v) is 4.57. The van der Waals surface area contributed by atoms with Crippen LogP contribution in [0, 0.1) is 6.92 Å². The van der Waals surface area contributed by atoms with Crippen LogP contribution in [-0.4, -0.2) is 32.2 Å². The Morgan fingerprint density at radius 3 is 2.70 bits per heavy atom. The van der Waals surface area contributed by atoms with Crippen LogP contribution in [0.3, 0.4) is 0 Å². The molecule has 0 atom stereocenters. The molecular weight excluding hydrogens is 338 g/mol. The van der Waals surface area contributed by atoms with E-state index < -0.39 is 0 Å². The van der Waals surface area contributed by atoms with Crippen molar-refractivity contribution in [3.63, 3.8) is 0 Å². The number of carbonyl (C=O) groups is 1. The first-order valence-electron chi connectivity index (χ1n) is 9.04. The summed E-state index contributed by atoms with van der Waals surface area (Å²) in [7, 11) is 0. The lowest BCUT2D eigenvalue weighted by Crippen LogP contribution is -2.25. The van der Waals surface area contributed by atoms with Crippen LogP contribution in [-0.2, 0) is 6.42 Å². The Morgan fingerprint density at radius 2 is 1.89 bits per heavy atom. The fourth-order valence-corrected chi connectivity index (χ4v) is 3.14. The number of aromatic amines is 1. The van der Waals surface area contributed by atoms with Gasteiger partial charge in [0.25, 0.3) is 5.91 Å². The summed E-state index contributed by atoms with van der Waals surface area (Å²) in [5.74, 6) is 0.845. The zero-order chi connectivity index (χ0) is 18.6. The molecule has 27 heavy (non-hydrogen) atoms. The summed E-state index contributed by atoms with van der Waals surface area (Å²) in [6.07, 6.45) is 3.23. The van der Waals surface area contributed by atoms with Gasteiger partial charge in [-0.05, 0) is 37.6 Å². The number of hydrogen-bond donors (Lipinski definition) is 2. The van der Waals surface area contributed by atoms with Gasteiger partial charge in [-0.2, -0.15) is 5.10 Å². The van der Waals surface area contributed by atoms with E-state index in [0.29, 0.717) is 12.1 Å². The molecule has 0 spiro atoms. The zero-order valence-corrected chi connectivity index (χ0v) is 15.1. The third-order valence-electron chi connectivity index (χ3n) is 4.57. The largest absolute Gasteiger partial charge is 0.352 e. The van der Waals surface area contributed by atoms with Gasteiger partial charge in [-0.3, -0.25) is 4.79 Å². The number of imidazole rings is 1. The van der Waals surface area contributed by atoms with Crippen molar-refractivity contribution in [2.24, 2.45) is 0 Å². The molecular formula is C21H21N5O. The average Bonchev–Trinajstić information content (AvgIpc) is 3.29. The number of carbonyl (C=O) groups excluding carboxylic acids is 1. The number of nitrogens with one attached hydrogen (secondary N) is 2. The van der Waals surface area contributed by atoms with E-state index >= 15 is 0 Å². The highest BCUT2D eigenvalue weighted by Crippen LogP contribution is 2.14. The van der Waals surface area contributed by atoms with Crippen LogP contribution in [0.2, 0.25) is 0 Å². The van der Waals surface area contributed by atoms with Gasteiger partial charge in [-0.25, -0.2) is 9.67 Å². The van der Waals surface area contributed by atoms with Gasteiger partial charge in [-0.1, -0.05) is 30.3 Å². The molecule has 0 saturated carbocycles. The molecule has 2 aromatic carbocycles. The smallest absolute Gasteiger partial charge is 0.254 e. The van der Waals surface area contributed by atoms with Crippen LogP contribution >= 0.6 is 0 Å². The van der Waals surface area contributed by atoms with Crippen LogP contribution in [0.4, 0.5) is 0 Å². The van der Waals surface area contributed by atoms with Crippen LogP contribution in [0.25, 0.3) is 16.7 Å². The summed E-state index contributed by atoms with van der Waals surface area (Å²) in [5, 5.41) is 7.32. The molecule has 2 aromatic heterocycles. The normalized spacial score (nSPS) is 11.0. The van der Waals surface area contributed by atoms with E-state index in [1.54, 1.807) is 10.9 Å². The number of para-hydroxylation sites is 3. The lowest BCUT2D eigenvalue weighted by atomic mass is 10.2. The highest BCUT2D eigenvalue weighted by molar-refractivity contribution is 5.95. The maximum atomic E-state index is 12.5. The van der Waals surface area contributed by atoms with Crippen molar-refractivity contribution in [1.29, 1.82) is 0 Å². The number of benzene rings is 2. The van der Waals surface area contributed by atoms with Crippen molar-refractivity contribution in [1.82, 2.24) is 25.1 Å². The maximum Gasteiger partial charge on any atom is 0.254 e. The molecule has 136 valence electrons. The summed E-state index contributed by atoms with van der Waals surface area (Å²) in [5.41, 5.74) is 4.39. The van der Waals surface area contributed by atoms with Crippen molar-refractivity contribution < 1.29 is 4.79 Å².